The molecule has 1 fully saturated rings. The summed E-state index contributed by atoms with van der Waals surface area (Å²) in [5.41, 5.74) is -1.55. The summed E-state index contributed by atoms with van der Waals surface area (Å²) in [5, 5.41) is 2.60. The van der Waals surface area contributed by atoms with Crippen LogP contribution in [0.1, 0.15) is 39.0 Å². The van der Waals surface area contributed by atoms with Crippen LogP contribution in [0.5, 0.6) is 0 Å². The average Bonchev–Trinajstić information content (AvgIpc) is 2.49. The molecule has 0 radical (unpaired) electrons. The quantitative estimate of drug-likeness (QED) is 0.692. The third kappa shape index (κ3) is 1.96. The molecule has 12 heavy (non-hydrogen) atoms. The summed E-state index contributed by atoms with van der Waals surface area (Å²) < 4.78 is 13.6. The lowest BCUT2D eigenvalue weighted by molar-refractivity contribution is -0.132. The molecule has 0 unspecified atom stereocenters. The third-order valence-electron chi connectivity index (χ3n) is 2.34. The highest BCUT2D eigenvalue weighted by Gasteiger charge is 2.40. The van der Waals surface area contributed by atoms with Crippen molar-refractivity contribution in [2.75, 3.05) is 6.54 Å². The summed E-state index contributed by atoms with van der Waals surface area (Å²) in [6, 6.07) is 0. The van der Waals surface area contributed by atoms with Crippen LogP contribution in [0.25, 0.3) is 0 Å². The molecule has 2 nitrogen and oxygen atoms in total. The van der Waals surface area contributed by atoms with E-state index in [4.69, 9.17) is 0 Å². The van der Waals surface area contributed by atoms with Gasteiger partial charge in [-0.15, -0.1) is 0 Å². The second-order valence-corrected chi connectivity index (χ2v) is 3.43. The Kier molecular flexibility index (Phi) is 3.06. The van der Waals surface area contributed by atoms with Crippen LogP contribution in [-0.4, -0.2) is 18.1 Å². The zero-order valence-electron chi connectivity index (χ0n) is 7.53. The van der Waals surface area contributed by atoms with E-state index in [1.165, 1.54) is 0 Å². The summed E-state index contributed by atoms with van der Waals surface area (Å²) in [5.74, 6) is -0.401. The second-order valence-electron chi connectivity index (χ2n) is 3.43. The van der Waals surface area contributed by atoms with Crippen LogP contribution in [-0.2, 0) is 4.79 Å². The van der Waals surface area contributed by atoms with Crippen LogP contribution in [0.4, 0.5) is 4.39 Å². The van der Waals surface area contributed by atoms with E-state index in [-0.39, 0.29) is 0 Å². The van der Waals surface area contributed by atoms with Gasteiger partial charge >= 0.3 is 0 Å². The van der Waals surface area contributed by atoms with Crippen molar-refractivity contribution < 1.29 is 9.18 Å². The maximum absolute atomic E-state index is 13.6. The molecule has 0 aromatic heterocycles. The molecule has 0 aromatic rings. The van der Waals surface area contributed by atoms with Gasteiger partial charge in [-0.3, -0.25) is 4.79 Å². The highest BCUT2D eigenvalue weighted by atomic mass is 19.1. The SMILES string of the molecule is CCCNC(=O)C1(F)CCCC1. The van der Waals surface area contributed by atoms with E-state index in [0.29, 0.717) is 19.4 Å². The molecule has 1 aliphatic rings. The van der Waals surface area contributed by atoms with Crippen LogP contribution < -0.4 is 5.32 Å². The first-order valence-electron chi connectivity index (χ1n) is 4.66. The molecular formula is C9H16FNO. The fraction of sp³-hybridized carbons (Fsp3) is 0.889. The van der Waals surface area contributed by atoms with Crippen molar-refractivity contribution in [3.8, 4) is 0 Å². The van der Waals surface area contributed by atoms with Crippen molar-refractivity contribution >= 4 is 5.91 Å². The summed E-state index contributed by atoms with van der Waals surface area (Å²) in [4.78, 5) is 11.2. The Balaban J connectivity index is 2.39. The van der Waals surface area contributed by atoms with Crippen LogP contribution in [0.2, 0.25) is 0 Å². The molecule has 1 N–H and O–H groups in total. The normalized spacial score (nSPS) is 20.8. The van der Waals surface area contributed by atoms with Gasteiger partial charge in [0.1, 0.15) is 0 Å². The minimum absolute atomic E-state index is 0.401. The lowest BCUT2D eigenvalue weighted by atomic mass is 10.0. The molecule has 70 valence electrons. The number of hydrogen-bond donors (Lipinski definition) is 1. The maximum atomic E-state index is 13.6. The monoisotopic (exact) mass is 173 g/mol. The van der Waals surface area contributed by atoms with Gasteiger partial charge in [-0.2, -0.15) is 0 Å². The molecule has 0 heterocycles. The second kappa shape index (κ2) is 3.87. The molecular weight excluding hydrogens is 157 g/mol. The fourth-order valence-corrected chi connectivity index (χ4v) is 1.56. The van der Waals surface area contributed by atoms with Crippen molar-refractivity contribution in [1.82, 2.24) is 5.32 Å². The van der Waals surface area contributed by atoms with E-state index in [1.807, 2.05) is 6.92 Å². The molecule has 0 spiro atoms. The molecule has 3 heteroatoms. The minimum atomic E-state index is -1.55. The summed E-state index contributed by atoms with van der Waals surface area (Å²) in [6.45, 7) is 2.55. The van der Waals surface area contributed by atoms with Crippen molar-refractivity contribution in [2.24, 2.45) is 0 Å². The predicted molar refractivity (Wildman–Crippen MR) is 45.6 cm³/mol. The standard InChI is InChI=1S/C9H16FNO/c1-2-7-11-8(12)9(10)5-3-4-6-9/h2-7H2,1H3,(H,11,12). The van der Waals surface area contributed by atoms with Gasteiger partial charge in [0.2, 0.25) is 0 Å². The lowest BCUT2D eigenvalue weighted by Gasteiger charge is -2.17. The molecule has 0 atom stereocenters. The molecule has 1 rings (SSSR count). The van der Waals surface area contributed by atoms with Gasteiger partial charge in [-0.05, 0) is 32.1 Å². The van der Waals surface area contributed by atoms with Crippen LogP contribution >= 0.6 is 0 Å². The smallest absolute Gasteiger partial charge is 0.257 e. The van der Waals surface area contributed by atoms with E-state index in [2.05, 4.69) is 5.32 Å². The first kappa shape index (κ1) is 9.49. The van der Waals surface area contributed by atoms with Crippen molar-refractivity contribution in [1.29, 1.82) is 0 Å². The van der Waals surface area contributed by atoms with Gasteiger partial charge in [-0.25, -0.2) is 4.39 Å². The number of amides is 1. The molecule has 0 bridgehead atoms. The van der Waals surface area contributed by atoms with E-state index >= 15 is 0 Å². The Morgan fingerprint density at radius 2 is 2.08 bits per heavy atom. The summed E-state index contributed by atoms with van der Waals surface area (Å²) >= 11 is 0. The molecule has 1 aliphatic carbocycles. The van der Waals surface area contributed by atoms with Crippen LogP contribution in [0, 0.1) is 0 Å². The lowest BCUT2D eigenvalue weighted by Crippen LogP contribution is -2.41. The molecule has 1 saturated carbocycles. The third-order valence-corrected chi connectivity index (χ3v) is 2.34. The minimum Gasteiger partial charge on any atom is -0.353 e. The van der Waals surface area contributed by atoms with Crippen molar-refractivity contribution in [2.45, 2.75) is 44.7 Å². The molecule has 0 saturated heterocycles. The van der Waals surface area contributed by atoms with Gasteiger partial charge in [-0.1, -0.05) is 6.92 Å². The Morgan fingerprint density at radius 1 is 1.50 bits per heavy atom. The Hall–Kier alpha value is -0.600. The highest BCUT2D eigenvalue weighted by Crippen LogP contribution is 2.33. The van der Waals surface area contributed by atoms with Crippen LogP contribution in [0.15, 0.2) is 0 Å². The van der Waals surface area contributed by atoms with Gasteiger partial charge in [0, 0.05) is 6.54 Å². The van der Waals surface area contributed by atoms with E-state index in [0.717, 1.165) is 19.3 Å². The number of halogens is 1. The Bertz CT molecular complexity index is 164. The zero-order chi connectivity index (χ0) is 9.03. The molecule has 0 aromatic carbocycles. The Morgan fingerprint density at radius 3 is 2.58 bits per heavy atom. The van der Waals surface area contributed by atoms with E-state index < -0.39 is 11.6 Å². The topological polar surface area (TPSA) is 29.1 Å². The van der Waals surface area contributed by atoms with Gasteiger partial charge < -0.3 is 5.32 Å². The van der Waals surface area contributed by atoms with Gasteiger partial charge in [0.15, 0.2) is 5.67 Å². The fourth-order valence-electron chi connectivity index (χ4n) is 1.56. The first-order valence-corrected chi connectivity index (χ1v) is 4.66. The van der Waals surface area contributed by atoms with Crippen LogP contribution in [0.3, 0.4) is 0 Å². The maximum Gasteiger partial charge on any atom is 0.257 e. The summed E-state index contributed by atoms with van der Waals surface area (Å²) in [6.07, 6.45) is 3.36. The van der Waals surface area contributed by atoms with Gasteiger partial charge in [0.25, 0.3) is 5.91 Å². The largest absolute Gasteiger partial charge is 0.353 e. The summed E-state index contributed by atoms with van der Waals surface area (Å²) in [7, 11) is 0. The zero-order valence-corrected chi connectivity index (χ0v) is 7.53. The van der Waals surface area contributed by atoms with Gasteiger partial charge in [0.05, 0.1) is 0 Å². The number of hydrogen-bond acceptors (Lipinski definition) is 1. The first-order chi connectivity index (χ1) is 5.69. The molecule has 1 amide bonds. The number of rotatable bonds is 3. The van der Waals surface area contributed by atoms with E-state index in [9.17, 15) is 9.18 Å². The van der Waals surface area contributed by atoms with E-state index in [1.54, 1.807) is 0 Å². The molecule has 0 aliphatic heterocycles. The number of nitrogens with one attached hydrogen (secondary N) is 1. The van der Waals surface area contributed by atoms with Crippen molar-refractivity contribution in [3.05, 3.63) is 0 Å². The Labute approximate surface area is 72.5 Å². The van der Waals surface area contributed by atoms with Crippen molar-refractivity contribution in [3.63, 3.8) is 0 Å². The number of carbonyl (C=O) groups is 1. The average molecular weight is 173 g/mol. The highest BCUT2D eigenvalue weighted by molar-refractivity contribution is 5.85. The number of alkyl halides is 1. The number of carbonyl (C=O) groups excluding carboxylic acids is 1. The predicted octanol–water partition coefficient (Wildman–Crippen LogP) is 1.79.